The molecule has 1 unspecified atom stereocenters. The van der Waals surface area contributed by atoms with Gasteiger partial charge >= 0.3 is 0 Å². The molecule has 0 saturated carbocycles. The second-order valence-electron chi connectivity index (χ2n) is 7.50. The van der Waals surface area contributed by atoms with Crippen molar-refractivity contribution in [2.45, 2.75) is 52.5 Å². The molecule has 1 aliphatic rings. The normalized spacial score (nSPS) is 15.8. The zero-order valence-corrected chi connectivity index (χ0v) is 16.2. The second-order valence-corrected chi connectivity index (χ2v) is 7.50. The first-order valence-electron chi connectivity index (χ1n) is 9.72. The van der Waals surface area contributed by atoms with Gasteiger partial charge in [0, 0.05) is 31.2 Å². The van der Waals surface area contributed by atoms with Gasteiger partial charge < -0.3 is 10.2 Å². The summed E-state index contributed by atoms with van der Waals surface area (Å²) in [5.74, 6) is 0.151. The van der Waals surface area contributed by atoms with Crippen LogP contribution < -0.4 is 10.2 Å². The Morgan fingerprint density at radius 3 is 2.77 bits per heavy atom. The summed E-state index contributed by atoms with van der Waals surface area (Å²) in [7, 11) is 0. The number of anilines is 1. The quantitative estimate of drug-likeness (QED) is 0.759. The van der Waals surface area contributed by atoms with Crippen LogP contribution in [0.5, 0.6) is 0 Å². The topological polar surface area (TPSA) is 32.3 Å². The van der Waals surface area contributed by atoms with E-state index >= 15 is 0 Å². The van der Waals surface area contributed by atoms with Gasteiger partial charge in [0.25, 0.3) is 0 Å². The summed E-state index contributed by atoms with van der Waals surface area (Å²) in [6, 6.07) is 15.7. The maximum atomic E-state index is 12.1. The highest BCUT2D eigenvalue weighted by molar-refractivity contribution is 5.76. The minimum Gasteiger partial charge on any atom is -0.368 e. The Kier molecular flexibility index (Phi) is 5.97. The van der Waals surface area contributed by atoms with Gasteiger partial charge in [0.2, 0.25) is 5.91 Å². The van der Waals surface area contributed by atoms with E-state index in [-0.39, 0.29) is 5.91 Å². The number of carbonyl (C=O) groups is 1. The number of para-hydroxylation sites is 1. The van der Waals surface area contributed by atoms with Crippen molar-refractivity contribution in [2.24, 2.45) is 0 Å². The fourth-order valence-corrected chi connectivity index (χ4v) is 3.75. The van der Waals surface area contributed by atoms with E-state index in [1.807, 2.05) is 0 Å². The summed E-state index contributed by atoms with van der Waals surface area (Å²) < 4.78 is 0. The van der Waals surface area contributed by atoms with E-state index in [1.54, 1.807) is 0 Å². The number of amides is 1. The Morgan fingerprint density at radius 1 is 1.15 bits per heavy atom. The maximum absolute atomic E-state index is 12.1. The zero-order chi connectivity index (χ0) is 18.5. The lowest BCUT2D eigenvalue weighted by Gasteiger charge is -2.24. The Hall–Kier alpha value is -2.29. The Balaban J connectivity index is 1.38. The lowest BCUT2D eigenvalue weighted by molar-refractivity contribution is -0.121. The summed E-state index contributed by atoms with van der Waals surface area (Å²) >= 11 is 0. The highest BCUT2D eigenvalue weighted by atomic mass is 16.1. The molecule has 0 aliphatic carbocycles. The van der Waals surface area contributed by atoms with Crippen molar-refractivity contribution in [3.05, 3.63) is 64.7 Å². The Labute approximate surface area is 157 Å². The number of fused-ring (bicyclic) bond motifs is 1. The average molecular weight is 351 g/mol. The van der Waals surface area contributed by atoms with Gasteiger partial charge in [-0.15, -0.1) is 0 Å². The van der Waals surface area contributed by atoms with Crippen LogP contribution in [0.2, 0.25) is 0 Å². The van der Waals surface area contributed by atoms with Crippen molar-refractivity contribution >= 4 is 11.6 Å². The van der Waals surface area contributed by atoms with Gasteiger partial charge in [-0.3, -0.25) is 4.79 Å². The van der Waals surface area contributed by atoms with Crippen LogP contribution in [0.25, 0.3) is 0 Å². The van der Waals surface area contributed by atoms with E-state index in [0.29, 0.717) is 12.5 Å². The van der Waals surface area contributed by atoms with Crippen LogP contribution in [0.3, 0.4) is 0 Å². The minimum atomic E-state index is 0.151. The third-order valence-electron chi connectivity index (χ3n) is 5.46. The van der Waals surface area contributed by atoms with Crippen molar-refractivity contribution in [2.75, 3.05) is 18.0 Å². The van der Waals surface area contributed by atoms with E-state index in [9.17, 15) is 4.79 Å². The molecule has 0 fully saturated rings. The fourth-order valence-electron chi connectivity index (χ4n) is 3.75. The van der Waals surface area contributed by atoms with E-state index in [1.165, 1.54) is 27.9 Å². The first-order chi connectivity index (χ1) is 12.5. The summed E-state index contributed by atoms with van der Waals surface area (Å²) in [6.45, 7) is 8.26. The third-order valence-corrected chi connectivity index (χ3v) is 5.46. The molecule has 1 atom stereocenters. The number of nitrogens with zero attached hydrogens (tertiary/aromatic N) is 1. The SMILES string of the molecule is Cc1ccc(CCC(=O)NCCCN2c3ccccc3CC2C)cc1C. The highest BCUT2D eigenvalue weighted by Crippen LogP contribution is 2.31. The van der Waals surface area contributed by atoms with E-state index < -0.39 is 0 Å². The van der Waals surface area contributed by atoms with Gasteiger partial charge in [-0.05, 0) is 68.4 Å². The molecule has 1 aliphatic heterocycles. The van der Waals surface area contributed by atoms with Crippen molar-refractivity contribution in [1.29, 1.82) is 0 Å². The number of nitrogens with one attached hydrogen (secondary N) is 1. The predicted octanol–water partition coefficient (Wildman–Crippen LogP) is 4.19. The van der Waals surface area contributed by atoms with Crippen LogP contribution in [0, 0.1) is 13.8 Å². The fraction of sp³-hybridized carbons (Fsp3) is 0.435. The molecule has 0 spiro atoms. The zero-order valence-electron chi connectivity index (χ0n) is 16.2. The summed E-state index contributed by atoms with van der Waals surface area (Å²) in [5.41, 5.74) is 6.64. The average Bonchev–Trinajstić information content (AvgIpc) is 2.95. The Morgan fingerprint density at radius 2 is 1.96 bits per heavy atom. The van der Waals surface area contributed by atoms with Crippen LogP contribution in [-0.4, -0.2) is 25.0 Å². The van der Waals surface area contributed by atoms with Crippen molar-refractivity contribution in [3.63, 3.8) is 0 Å². The van der Waals surface area contributed by atoms with Crippen molar-refractivity contribution in [3.8, 4) is 0 Å². The molecule has 2 aromatic rings. The molecular formula is C23H30N2O. The van der Waals surface area contributed by atoms with E-state index in [4.69, 9.17) is 0 Å². The van der Waals surface area contributed by atoms with Gasteiger partial charge in [-0.25, -0.2) is 0 Å². The van der Waals surface area contributed by atoms with Crippen LogP contribution in [-0.2, 0) is 17.6 Å². The number of carbonyl (C=O) groups excluding carboxylic acids is 1. The number of benzene rings is 2. The van der Waals surface area contributed by atoms with Crippen LogP contribution in [0.4, 0.5) is 5.69 Å². The van der Waals surface area contributed by atoms with Gasteiger partial charge in [-0.2, -0.15) is 0 Å². The maximum Gasteiger partial charge on any atom is 0.220 e. The lowest BCUT2D eigenvalue weighted by Crippen LogP contribution is -2.33. The van der Waals surface area contributed by atoms with Gasteiger partial charge in [0.15, 0.2) is 0 Å². The highest BCUT2D eigenvalue weighted by Gasteiger charge is 2.24. The molecule has 3 nitrogen and oxygen atoms in total. The molecule has 3 heteroatoms. The summed E-state index contributed by atoms with van der Waals surface area (Å²) in [4.78, 5) is 14.6. The molecule has 1 heterocycles. The molecule has 1 N–H and O–H groups in total. The van der Waals surface area contributed by atoms with Gasteiger partial charge in [0.1, 0.15) is 0 Å². The molecule has 0 bridgehead atoms. The van der Waals surface area contributed by atoms with E-state index in [2.05, 4.69) is 73.5 Å². The van der Waals surface area contributed by atoms with Crippen LogP contribution in [0.1, 0.15) is 42.0 Å². The predicted molar refractivity (Wildman–Crippen MR) is 109 cm³/mol. The molecule has 2 aromatic carbocycles. The first-order valence-corrected chi connectivity index (χ1v) is 9.72. The summed E-state index contributed by atoms with van der Waals surface area (Å²) in [6.07, 6.45) is 3.47. The van der Waals surface area contributed by atoms with Crippen molar-refractivity contribution in [1.82, 2.24) is 5.32 Å². The lowest BCUT2D eigenvalue weighted by atomic mass is 10.0. The molecule has 0 aromatic heterocycles. The molecule has 138 valence electrons. The summed E-state index contributed by atoms with van der Waals surface area (Å²) in [5, 5.41) is 3.08. The number of rotatable bonds is 7. The van der Waals surface area contributed by atoms with E-state index in [0.717, 1.165) is 32.4 Å². The molecule has 26 heavy (non-hydrogen) atoms. The largest absolute Gasteiger partial charge is 0.368 e. The van der Waals surface area contributed by atoms with Gasteiger partial charge in [0.05, 0.1) is 0 Å². The third kappa shape index (κ3) is 4.46. The molecular weight excluding hydrogens is 320 g/mol. The smallest absolute Gasteiger partial charge is 0.220 e. The molecule has 1 amide bonds. The second kappa shape index (κ2) is 8.39. The first kappa shape index (κ1) is 18.5. The number of hydrogen-bond acceptors (Lipinski definition) is 2. The standard InChI is InChI=1S/C23H30N2O/c1-17-9-10-20(15-18(17)2)11-12-23(26)24-13-6-14-25-19(3)16-21-7-4-5-8-22(21)25/h4-5,7-10,15,19H,6,11-14,16H2,1-3H3,(H,24,26). The monoisotopic (exact) mass is 350 g/mol. The van der Waals surface area contributed by atoms with Crippen molar-refractivity contribution < 1.29 is 4.79 Å². The molecule has 0 radical (unpaired) electrons. The van der Waals surface area contributed by atoms with Crippen LogP contribution in [0.15, 0.2) is 42.5 Å². The Bertz CT molecular complexity index is 769. The molecule has 3 rings (SSSR count). The number of hydrogen-bond donors (Lipinski definition) is 1. The molecule has 0 saturated heterocycles. The minimum absolute atomic E-state index is 0.151. The van der Waals surface area contributed by atoms with Gasteiger partial charge in [-0.1, -0.05) is 36.4 Å². The van der Waals surface area contributed by atoms with Crippen LogP contribution >= 0.6 is 0 Å². The number of aryl methyl sites for hydroxylation is 3.